The third-order valence-electron chi connectivity index (χ3n) is 4.21. The Morgan fingerprint density at radius 2 is 1.48 bits per heavy atom. The summed E-state index contributed by atoms with van der Waals surface area (Å²) in [4.78, 5) is 4.66. The van der Waals surface area contributed by atoms with Gasteiger partial charge in [-0.3, -0.25) is 4.98 Å². The Morgan fingerprint density at radius 1 is 0.783 bits per heavy atom. The standard InChI is InChI=1S/C22H23N/c1-16-15-23-21(14-20(16)17-9-6-5-7-10-17)18-11-8-12-19(13-18)22(2,3)4/h5-15H,1-4H3. The van der Waals surface area contributed by atoms with Crippen LogP contribution in [0.15, 0.2) is 66.9 Å². The van der Waals surface area contributed by atoms with Crippen LogP contribution in [0.25, 0.3) is 22.4 Å². The molecule has 2 aromatic carbocycles. The van der Waals surface area contributed by atoms with E-state index in [0.29, 0.717) is 0 Å². The molecule has 1 heterocycles. The van der Waals surface area contributed by atoms with E-state index in [1.54, 1.807) is 0 Å². The van der Waals surface area contributed by atoms with Crippen molar-refractivity contribution >= 4 is 0 Å². The molecular formula is C22H23N. The van der Waals surface area contributed by atoms with Gasteiger partial charge in [-0.15, -0.1) is 0 Å². The third kappa shape index (κ3) is 3.34. The predicted molar refractivity (Wildman–Crippen MR) is 98.5 cm³/mol. The van der Waals surface area contributed by atoms with E-state index in [1.807, 2.05) is 12.3 Å². The maximum atomic E-state index is 4.66. The van der Waals surface area contributed by atoms with Crippen LogP contribution in [-0.4, -0.2) is 4.98 Å². The van der Waals surface area contributed by atoms with Gasteiger partial charge in [0.05, 0.1) is 5.69 Å². The molecule has 1 nitrogen and oxygen atoms in total. The van der Waals surface area contributed by atoms with Gasteiger partial charge in [-0.1, -0.05) is 69.3 Å². The number of pyridine rings is 1. The van der Waals surface area contributed by atoms with Crippen LogP contribution in [0.1, 0.15) is 31.9 Å². The van der Waals surface area contributed by atoms with Crippen LogP contribution in [0.3, 0.4) is 0 Å². The number of aryl methyl sites for hydroxylation is 1. The fraction of sp³-hybridized carbons (Fsp3) is 0.227. The third-order valence-corrected chi connectivity index (χ3v) is 4.21. The average molecular weight is 301 g/mol. The summed E-state index contributed by atoms with van der Waals surface area (Å²) in [6.45, 7) is 8.84. The second-order valence-corrected chi connectivity index (χ2v) is 7.08. The molecule has 0 unspecified atom stereocenters. The van der Waals surface area contributed by atoms with Crippen LogP contribution in [0.2, 0.25) is 0 Å². The van der Waals surface area contributed by atoms with E-state index in [2.05, 4.69) is 87.3 Å². The summed E-state index contributed by atoms with van der Waals surface area (Å²) in [6.07, 6.45) is 1.97. The van der Waals surface area contributed by atoms with Gasteiger partial charge in [0.25, 0.3) is 0 Å². The summed E-state index contributed by atoms with van der Waals surface area (Å²) in [6, 6.07) is 21.4. The molecule has 0 radical (unpaired) electrons. The second-order valence-electron chi connectivity index (χ2n) is 7.08. The molecule has 1 heteroatoms. The second kappa shape index (κ2) is 6.00. The summed E-state index contributed by atoms with van der Waals surface area (Å²) in [7, 11) is 0. The molecule has 0 aliphatic rings. The van der Waals surface area contributed by atoms with Gasteiger partial charge < -0.3 is 0 Å². The van der Waals surface area contributed by atoms with Crippen molar-refractivity contribution < 1.29 is 0 Å². The Balaban J connectivity index is 2.09. The Labute approximate surface area is 139 Å². The van der Waals surface area contributed by atoms with Gasteiger partial charge >= 0.3 is 0 Å². The fourth-order valence-electron chi connectivity index (χ4n) is 2.76. The number of hydrogen-bond donors (Lipinski definition) is 0. The van der Waals surface area contributed by atoms with E-state index in [0.717, 1.165) is 5.69 Å². The van der Waals surface area contributed by atoms with Gasteiger partial charge in [-0.05, 0) is 46.7 Å². The number of benzene rings is 2. The Kier molecular flexibility index (Phi) is 4.04. The molecule has 23 heavy (non-hydrogen) atoms. The first kappa shape index (κ1) is 15.5. The highest BCUT2D eigenvalue weighted by Crippen LogP contribution is 2.30. The maximum absolute atomic E-state index is 4.66. The molecule has 3 aromatic rings. The van der Waals surface area contributed by atoms with Crippen LogP contribution >= 0.6 is 0 Å². The first-order valence-electron chi connectivity index (χ1n) is 8.08. The number of rotatable bonds is 2. The van der Waals surface area contributed by atoms with Gasteiger partial charge in [0.1, 0.15) is 0 Å². The molecule has 1 aromatic heterocycles. The normalized spacial score (nSPS) is 11.5. The van der Waals surface area contributed by atoms with E-state index < -0.39 is 0 Å². The lowest BCUT2D eigenvalue weighted by Crippen LogP contribution is -2.10. The molecule has 3 rings (SSSR count). The zero-order chi connectivity index (χ0) is 16.4. The van der Waals surface area contributed by atoms with E-state index in [-0.39, 0.29) is 5.41 Å². The lowest BCUT2D eigenvalue weighted by Gasteiger charge is -2.20. The van der Waals surface area contributed by atoms with Gasteiger partial charge in [0.15, 0.2) is 0 Å². The number of hydrogen-bond acceptors (Lipinski definition) is 1. The van der Waals surface area contributed by atoms with Crippen molar-refractivity contribution in [1.29, 1.82) is 0 Å². The van der Waals surface area contributed by atoms with Crippen molar-refractivity contribution in [3.05, 3.63) is 78.0 Å². The first-order chi connectivity index (χ1) is 10.9. The van der Waals surface area contributed by atoms with Gasteiger partial charge in [0.2, 0.25) is 0 Å². The summed E-state index contributed by atoms with van der Waals surface area (Å²) in [5, 5.41) is 0. The van der Waals surface area contributed by atoms with Gasteiger partial charge in [0, 0.05) is 11.8 Å². The van der Waals surface area contributed by atoms with Crippen LogP contribution in [0, 0.1) is 6.92 Å². The minimum Gasteiger partial charge on any atom is -0.256 e. The Bertz CT molecular complexity index is 811. The van der Waals surface area contributed by atoms with Crippen molar-refractivity contribution in [2.45, 2.75) is 33.1 Å². The SMILES string of the molecule is Cc1cnc(-c2cccc(C(C)(C)C)c2)cc1-c1ccccc1. The largest absolute Gasteiger partial charge is 0.256 e. The van der Waals surface area contributed by atoms with Crippen LogP contribution in [0.4, 0.5) is 0 Å². The number of aromatic nitrogens is 1. The molecule has 116 valence electrons. The van der Waals surface area contributed by atoms with Crippen molar-refractivity contribution in [3.63, 3.8) is 0 Å². The lowest BCUT2D eigenvalue weighted by atomic mass is 9.86. The van der Waals surface area contributed by atoms with Crippen molar-refractivity contribution in [2.75, 3.05) is 0 Å². The molecule has 0 N–H and O–H groups in total. The molecule has 0 saturated carbocycles. The molecule has 0 fully saturated rings. The van der Waals surface area contributed by atoms with Crippen molar-refractivity contribution in [3.8, 4) is 22.4 Å². The molecule has 0 bridgehead atoms. The monoisotopic (exact) mass is 301 g/mol. The van der Waals surface area contributed by atoms with E-state index >= 15 is 0 Å². The van der Waals surface area contributed by atoms with Gasteiger partial charge in [-0.2, -0.15) is 0 Å². The first-order valence-corrected chi connectivity index (χ1v) is 8.08. The summed E-state index contributed by atoms with van der Waals surface area (Å²) < 4.78 is 0. The highest BCUT2D eigenvalue weighted by molar-refractivity contribution is 5.73. The maximum Gasteiger partial charge on any atom is 0.0708 e. The van der Waals surface area contributed by atoms with E-state index in [4.69, 9.17) is 0 Å². The molecule has 0 amide bonds. The van der Waals surface area contributed by atoms with Crippen molar-refractivity contribution in [2.24, 2.45) is 0 Å². The molecular weight excluding hydrogens is 278 g/mol. The molecule has 0 atom stereocenters. The Morgan fingerprint density at radius 3 is 2.17 bits per heavy atom. The summed E-state index contributed by atoms with van der Waals surface area (Å²) in [5.74, 6) is 0. The molecule has 0 saturated heterocycles. The molecule has 0 aliphatic carbocycles. The summed E-state index contributed by atoms with van der Waals surface area (Å²) >= 11 is 0. The van der Waals surface area contributed by atoms with E-state index in [1.165, 1.54) is 27.8 Å². The minimum atomic E-state index is 0.142. The molecule has 0 aliphatic heterocycles. The quantitative estimate of drug-likeness (QED) is 0.564. The van der Waals surface area contributed by atoms with Crippen LogP contribution < -0.4 is 0 Å². The van der Waals surface area contributed by atoms with Crippen LogP contribution in [-0.2, 0) is 5.41 Å². The Hall–Kier alpha value is -2.41. The fourth-order valence-corrected chi connectivity index (χ4v) is 2.76. The zero-order valence-corrected chi connectivity index (χ0v) is 14.3. The zero-order valence-electron chi connectivity index (χ0n) is 14.3. The average Bonchev–Trinajstić information content (AvgIpc) is 2.55. The topological polar surface area (TPSA) is 12.9 Å². The van der Waals surface area contributed by atoms with Crippen molar-refractivity contribution in [1.82, 2.24) is 4.98 Å². The highest BCUT2D eigenvalue weighted by atomic mass is 14.7. The number of nitrogens with zero attached hydrogens (tertiary/aromatic N) is 1. The predicted octanol–water partition coefficient (Wildman–Crippen LogP) is 6.02. The van der Waals surface area contributed by atoms with E-state index in [9.17, 15) is 0 Å². The highest BCUT2D eigenvalue weighted by Gasteiger charge is 2.14. The minimum absolute atomic E-state index is 0.142. The van der Waals surface area contributed by atoms with Gasteiger partial charge in [-0.25, -0.2) is 0 Å². The smallest absolute Gasteiger partial charge is 0.0708 e. The van der Waals surface area contributed by atoms with Crippen LogP contribution in [0.5, 0.6) is 0 Å². The molecule has 0 spiro atoms. The lowest BCUT2D eigenvalue weighted by molar-refractivity contribution is 0.590. The summed E-state index contributed by atoms with van der Waals surface area (Å²) in [5.41, 5.74) is 7.36.